The van der Waals surface area contributed by atoms with E-state index in [0.717, 1.165) is 12.8 Å². The Morgan fingerprint density at radius 2 is 1.54 bits per heavy atom. The zero-order valence-electron chi connectivity index (χ0n) is 17.2. The second-order valence-electron chi connectivity index (χ2n) is 8.02. The molecule has 0 aromatic carbocycles. The SMILES string of the molecule is CCCCCCCCCC=CCCCCCC1(C)NC(CO)C(O)CO1. The van der Waals surface area contributed by atoms with E-state index in [1.807, 2.05) is 6.92 Å². The Bertz CT molecular complexity index is 361. The van der Waals surface area contributed by atoms with E-state index in [1.165, 1.54) is 70.6 Å². The fourth-order valence-electron chi connectivity index (χ4n) is 3.58. The fraction of sp³-hybridized carbons (Fsp3) is 0.909. The molecule has 0 bridgehead atoms. The maximum Gasteiger partial charge on any atom is 0.116 e. The summed E-state index contributed by atoms with van der Waals surface area (Å²) in [5, 5.41) is 22.3. The van der Waals surface area contributed by atoms with Crippen LogP contribution in [0.5, 0.6) is 0 Å². The first-order valence-electron chi connectivity index (χ1n) is 11.0. The van der Waals surface area contributed by atoms with Crippen molar-refractivity contribution in [1.29, 1.82) is 0 Å². The Morgan fingerprint density at radius 3 is 2.15 bits per heavy atom. The Balaban J connectivity index is 1.94. The molecule has 1 rings (SSSR count). The smallest absolute Gasteiger partial charge is 0.116 e. The average molecular weight is 370 g/mol. The van der Waals surface area contributed by atoms with E-state index in [2.05, 4.69) is 24.4 Å². The van der Waals surface area contributed by atoms with Gasteiger partial charge in [-0.25, -0.2) is 0 Å². The largest absolute Gasteiger partial charge is 0.395 e. The molecule has 3 N–H and O–H groups in total. The topological polar surface area (TPSA) is 61.7 Å². The van der Waals surface area contributed by atoms with Gasteiger partial charge in [0.1, 0.15) is 5.72 Å². The molecule has 1 heterocycles. The van der Waals surface area contributed by atoms with Crippen LogP contribution in [0.1, 0.15) is 97.3 Å². The van der Waals surface area contributed by atoms with Crippen LogP contribution in [0.25, 0.3) is 0 Å². The fourth-order valence-corrected chi connectivity index (χ4v) is 3.58. The number of hydrogen-bond donors (Lipinski definition) is 3. The Hall–Kier alpha value is -0.420. The first-order valence-corrected chi connectivity index (χ1v) is 11.0. The van der Waals surface area contributed by atoms with E-state index in [9.17, 15) is 10.2 Å². The number of unbranched alkanes of at least 4 members (excludes halogenated alkanes) is 10. The van der Waals surface area contributed by atoms with E-state index < -0.39 is 11.8 Å². The lowest BCUT2D eigenvalue weighted by Crippen LogP contribution is -2.62. The molecule has 0 aromatic rings. The van der Waals surface area contributed by atoms with E-state index in [0.29, 0.717) is 6.61 Å². The average Bonchev–Trinajstić information content (AvgIpc) is 2.64. The highest BCUT2D eigenvalue weighted by Gasteiger charge is 2.36. The monoisotopic (exact) mass is 369 g/mol. The zero-order valence-corrected chi connectivity index (χ0v) is 17.2. The summed E-state index contributed by atoms with van der Waals surface area (Å²) < 4.78 is 5.74. The van der Waals surface area contributed by atoms with Gasteiger partial charge in [-0.1, -0.05) is 64.0 Å². The van der Waals surface area contributed by atoms with Crippen molar-refractivity contribution in [3.05, 3.63) is 12.2 Å². The zero-order chi connectivity index (χ0) is 19.1. The minimum atomic E-state index is -0.616. The minimum Gasteiger partial charge on any atom is -0.395 e. The van der Waals surface area contributed by atoms with Crippen LogP contribution in [0.2, 0.25) is 0 Å². The van der Waals surface area contributed by atoms with Crippen LogP contribution in [0, 0.1) is 0 Å². The molecule has 154 valence electrons. The lowest BCUT2D eigenvalue weighted by Gasteiger charge is -2.41. The molecule has 0 aliphatic carbocycles. The highest BCUT2D eigenvalue weighted by molar-refractivity contribution is 4.88. The van der Waals surface area contributed by atoms with E-state index in [4.69, 9.17) is 4.74 Å². The molecule has 0 aromatic heterocycles. The summed E-state index contributed by atoms with van der Waals surface area (Å²) in [5.74, 6) is 0. The third kappa shape index (κ3) is 10.7. The summed E-state index contributed by atoms with van der Waals surface area (Å²) in [4.78, 5) is 0. The van der Waals surface area contributed by atoms with Gasteiger partial charge in [-0.05, 0) is 45.4 Å². The van der Waals surface area contributed by atoms with Gasteiger partial charge in [0.2, 0.25) is 0 Å². The van der Waals surface area contributed by atoms with Gasteiger partial charge in [0.25, 0.3) is 0 Å². The number of aliphatic hydroxyl groups is 2. The first kappa shape index (κ1) is 23.6. The van der Waals surface area contributed by atoms with Crippen LogP contribution in [0.4, 0.5) is 0 Å². The van der Waals surface area contributed by atoms with Crippen LogP contribution in [0.3, 0.4) is 0 Å². The van der Waals surface area contributed by atoms with E-state index >= 15 is 0 Å². The summed E-state index contributed by atoms with van der Waals surface area (Å²) in [6.45, 7) is 4.53. The summed E-state index contributed by atoms with van der Waals surface area (Å²) in [6.07, 6.45) is 20.6. The van der Waals surface area contributed by atoms with Crippen LogP contribution in [-0.4, -0.2) is 41.3 Å². The van der Waals surface area contributed by atoms with Gasteiger partial charge in [0, 0.05) is 0 Å². The van der Waals surface area contributed by atoms with E-state index in [-0.39, 0.29) is 12.6 Å². The van der Waals surface area contributed by atoms with Crippen LogP contribution in [0.15, 0.2) is 12.2 Å². The molecular weight excluding hydrogens is 326 g/mol. The third-order valence-electron chi connectivity index (χ3n) is 5.39. The van der Waals surface area contributed by atoms with Crippen molar-refractivity contribution in [1.82, 2.24) is 5.32 Å². The molecule has 26 heavy (non-hydrogen) atoms. The lowest BCUT2D eigenvalue weighted by atomic mass is 10.0. The molecule has 0 amide bonds. The van der Waals surface area contributed by atoms with Crippen molar-refractivity contribution in [2.24, 2.45) is 0 Å². The molecule has 3 unspecified atom stereocenters. The summed E-state index contributed by atoms with van der Waals surface area (Å²) >= 11 is 0. The lowest BCUT2D eigenvalue weighted by molar-refractivity contribution is -0.155. The summed E-state index contributed by atoms with van der Waals surface area (Å²) in [6, 6.07) is -0.275. The number of allylic oxidation sites excluding steroid dienone is 2. The number of aliphatic hydroxyl groups excluding tert-OH is 2. The Morgan fingerprint density at radius 1 is 0.962 bits per heavy atom. The first-order chi connectivity index (χ1) is 12.6. The highest BCUT2D eigenvalue weighted by Crippen LogP contribution is 2.22. The maximum absolute atomic E-state index is 9.74. The Labute approximate surface area is 161 Å². The second kappa shape index (κ2) is 14.6. The predicted octanol–water partition coefficient (Wildman–Crippen LogP) is 4.69. The number of nitrogens with one attached hydrogen (secondary N) is 1. The van der Waals surface area contributed by atoms with Gasteiger partial charge < -0.3 is 14.9 Å². The normalized spacial score (nSPS) is 26.6. The third-order valence-corrected chi connectivity index (χ3v) is 5.39. The van der Waals surface area contributed by atoms with Gasteiger partial charge in [0.15, 0.2) is 0 Å². The van der Waals surface area contributed by atoms with Crippen molar-refractivity contribution in [3.63, 3.8) is 0 Å². The molecule has 0 spiro atoms. The molecule has 4 heteroatoms. The molecule has 1 aliphatic heterocycles. The molecule has 1 fully saturated rings. The minimum absolute atomic E-state index is 0.0519. The quantitative estimate of drug-likeness (QED) is 0.289. The molecule has 1 aliphatic rings. The van der Waals surface area contributed by atoms with Gasteiger partial charge in [-0.2, -0.15) is 0 Å². The van der Waals surface area contributed by atoms with Crippen LogP contribution in [-0.2, 0) is 4.74 Å². The highest BCUT2D eigenvalue weighted by atomic mass is 16.5. The standard InChI is InChI=1S/C22H43NO3/c1-3-4-5-6-7-8-9-10-11-12-13-14-15-16-17-22(2)23-20(18-24)21(25)19-26-22/h11-12,20-21,23-25H,3-10,13-19H2,1-2H3. The number of rotatable bonds is 15. The van der Waals surface area contributed by atoms with Gasteiger partial charge in [-0.15, -0.1) is 0 Å². The van der Waals surface area contributed by atoms with Crippen molar-refractivity contribution in [2.45, 2.75) is 115 Å². The predicted molar refractivity (Wildman–Crippen MR) is 109 cm³/mol. The summed E-state index contributed by atoms with van der Waals surface area (Å²) in [5.41, 5.74) is -0.417. The molecule has 0 radical (unpaired) electrons. The molecule has 4 nitrogen and oxygen atoms in total. The number of hydrogen-bond acceptors (Lipinski definition) is 4. The van der Waals surface area contributed by atoms with Crippen molar-refractivity contribution < 1.29 is 14.9 Å². The van der Waals surface area contributed by atoms with E-state index in [1.54, 1.807) is 0 Å². The number of ether oxygens (including phenoxy) is 1. The summed E-state index contributed by atoms with van der Waals surface area (Å²) in [7, 11) is 0. The second-order valence-corrected chi connectivity index (χ2v) is 8.02. The van der Waals surface area contributed by atoms with Crippen molar-refractivity contribution in [2.75, 3.05) is 13.2 Å². The maximum atomic E-state index is 9.74. The molecule has 0 saturated carbocycles. The van der Waals surface area contributed by atoms with Gasteiger partial charge >= 0.3 is 0 Å². The van der Waals surface area contributed by atoms with Crippen molar-refractivity contribution in [3.8, 4) is 0 Å². The van der Waals surface area contributed by atoms with Gasteiger partial charge in [-0.3, -0.25) is 5.32 Å². The molecule has 1 saturated heterocycles. The Kier molecular flexibility index (Phi) is 13.3. The molecular formula is C22H43NO3. The van der Waals surface area contributed by atoms with Gasteiger partial charge in [0.05, 0.1) is 25.4 Å². The van der Waals surface area contributed by atoms with Crippen LogP contribution >= 0.6 is 0 Å². The van der Waals surface area contributed by atoms with Crippen LogP contribution < -0.4 is 5.32 Å². The van der Waals surface area contributed by atoms with Crippen molar-refractivity contribution >= 4 is 0 Å². The molecule has 3 atom stereocenters.